The molecule has 2 aromatic rings. The maximum Gasteiger partial charge on any atom is 0.187 e. The Morgan fingerprint density at radius 3 is 2.74 bits per heavy atom. The van der Waals surface area contributed by atoms with Crippen LogP contribution < -0.4 is 5.32 Å². The molecule has 3 fully saturated rings. The Morgan fingerprint density at radius 1 is 1.06 bits per heavy atom. The number of rotatable bonds is 2. The van der Waals surface area contributed by atoms with E-state index in [-0.39, 0.29) is 5.41 Å². The lowest BCUT2D eigenvalue weighted by molar-refractivity contribution is -0.134. The Labute approximate surface area is 194 Å². The van der Waals surface area contributed by atoms with Crippen LogP contribution in [0.1, 0.15) is 75.3 Å². The van der Waals surface area contributed by atoms with Crippen molar-refractivity contribution >= 4 is 39.5 Å². The normalized spacial score (nSPS) is 38.7. The van der Waals surface area contributed by atoms with Gasteiger partial charge in [0.15, 0.2) is 5.13 Å². The molecule has 0 radical (unpaired) electrons. The number of hydrogen-bond donors (Lipinski definition) is 1. The summed E-state index contributed by atoms with van der Waals surface area (Å²) in [5, 5.41) is 5.18. The van der Waals surface area contributed by atoms with E-state index < -0.39 is 0 Å². The first-order valence-electron chi connectivity index (χ1n) is 11.9. The number of fused-ring (bicyclic) bond motifs is 7. The molecule has 1 aromatic heterocycles. The van der Waals surface area contributed by atoms with Crippen LogP contribution >= 0.6 is 22.9 Å². The molecule has 0 saturated heterocycles. The van der Waals surface area contributed by atoms with Crippen LogP contribution in [-0.2, 0) is 11.2 Å². The molecule has 0 spiro atoms. The van der Waals surface area contributed by atoms with Gasteiger partial charge in [-0.25, -0.2) is 4.98 Å². The standard InChI is InChI=1S/C26H31ClN2OS/c1-25-14-12-21-23(31-24(29-21)28-20-6-4-3-5-19(20)27)18(25)8-7-15-16-9-10-22(30)26(16,2)13-11-17(15)25/h3-6,15-18H,7-14H2,1-2H3,(H,28,29)/t15-,16-,17-,18?,25+,26-/m0/s1. The summed E-state index contributed by atoms with van der Waals surface area (Å²) in [6.45, 7) is 4.85. The number of aromatic nitrogens is 1. The molecule has 1 heterocycles. The second-order valence-corrected chi connectivity index (χ2v) is 12.3. The highest BCUT2D eigenvalue weighted by molar-refractivity contribution is 7.15. The van der Waals surface area contributed by atoms with Gasteiger partial charge in [0.2, 0.25) is 0 Å². The van der Waals surface area contributed by atoms with Crippen LogP contribution in [0.25, 0.3) is 0 Å². The number of anilines is 2. The van der Waals surface area contributed by atoms with E-state index in [1.54, 1.807) is 0 Å². The smallest absolute Gasteiger partial charge is 0.187 e. The lowest BCUT2D eigenvalue weighted by Crippen LogP contribution is -2.52. The van der Waals surface area contributed by atoms with Gasteiger partial charge in [-0.1, -0.05) is 37.6 Å². The van der Waals surface area contributed by atoms with Gasteiger partial charge in [-0.3, -0.25) is 4.79 Å². The second-order valence-electron chi connectivity index (χ2n) is 10.9. The number of ketones is 1. The van der Waals surface area contributed by atoms with Gasteiger partial charge >= 0.3 is 0 Å². The van der Waals surface area contributed by atoms with Gasteiger partial charge in [-0.15, -0.1) is 11.3 Å². The Bertz CT molecular complexity index is 1050. The highest BCUT2D eigenvalue weighted by atomic mass is 35.5. The number of aryl methyl sites for hydroxylation is 1. The number of Topliss-reactive ketones (excluding diaryl/α,β-unsaturated/α-hetero) is 1. The third-order valence-electron chi connectivity index (χ3n) is 9.64. The lowest BCUT2D eigenvalue weighted by atomic mass is 9.46. The van der Waals surface area contributed by atoms with Crippen molar-refractivity contribution < 1.29 is 4.79 Å². The van der Waals surface area contributed by atoms with Gasteiger partial charge in [0, 0.05) is 22.6 Å². The van der Waals surface area contributed by atoms with E-state index >= 15 is 0 Å². The molecule has 1 unspecified atom stereocenters. The number of para-hydroxylation sites is 1. The van der Waals surface area contributed by atoms with Crippen LogP contribution in [0.5, 0.6) is 0 Å². The summed E-state index contributed by atoms with van der Waals surface area (Å²) in [5.74, 6) is 3.27. The van der Waals surface area contributed by atoms with Crippen LogP contribution in [0.2, 0.25) is 5.02 Å². The Balaban J connectivity index is 1.30. The van der Waals surface area contributed by atoms with Crippen LogP contribution in [0.3, 0.4) is 0 Å². The van der Waals surface area contributed by atoms with Gasteiger partial charge in [0.1, 0.15) is 5.78 Å². The first kappa shape index (κ1) is 20.2. The lowest BCUT2D eigenvalue weighted by Gasteiger charge is -2.59. The molecule has 0 bridgehead atoms. The molecule has 1 aromatic carbocycles. The highest BCUT2D eigenvalue weighted by Gasteiger charge is 2.60. The van der Waals surface area contributed by atoms with E-state index in [1.807, 2.05) is 35.6 Å². The Hall–Kier alpha value is -1.39. The third kappa shape index (κ3) is 2.90. The minimum absolute atomic E-state index is 0.0271. The average molecular weight is 455 g/mol. The first-order valence-corrected chi connectivity index (χ1v) is 13.1. The van der Waals surface area contributed by atoms with E-state index in [9.17, 15) is 4.79 Å². The topological polar surface area (TPSA) is 42.0 Å². The molecule has 31 heavy (non-hydrogen) atoms. The minimum Gasteiger partial charge on any atom is -0.330 e. The Morgan fingerprint density at radius 2 is 1.90 bits per heavy atom. The number of benzene rings is 1. The Kier molecular flexibility index (Phi) is 4.60. The highest BCUT2D eigenvalue weighted by Crippen LogP contribution is 2.67. The molecule has 0 aliphatic heterocycles. The zero-order valence-corrected chi connectivity index (χ0v) is 20.0. The quantitative estimate of drug-likeness (QED) is 0.514. The summed E-state index contributed by atoms with van der Waals surface area (Å²) >= 11 is 8.21. The number of hydrogen-bond acceptors (Lipinski definition) is 4. The molecule has 4 aliphatic rings. The summed E-state index contributed by atoms with van der Waals surface area (Å²) in [4.78, 5) is 19.2. The second kappa shape index (κ2) is 7.05. The van der Waals surface area contributed by atoms with Crippen molar-refractivity contribution in [2.75, 3.05) is 5.32 Å². The number of carbonyl (C=O) groups is 1. The van der Waals surface area contributed by atoms with Crippen molar-refractivity contribution in [2.24, 2.45) is 28.6 Å². The molecule has 5 heteroatoms. The van der Waals surface area contributed by atoms with E-state index in [0.717, 1.165) is 53.4 Å². The van der Waals surface area contributed by atoms with Crippen molar-refractivity contribution in [1.82, 2.24) is 4.98 Å². The summed E-state index contributed by atoms with van der Waals surface area (Å²) in [6, 6.07) is 7.89. The van der Waals surface area contributed by atoms with E-state index in [2.05, 4.69) is 19.2 Å². The first-order chi connectivity index (χ1) is 14.9. The fourth-order valence-corrected chi connectivity index (χ4v) is 9.45. The van der Waals surface area contributed by atoms with E-state index in [0.29, 0.717) is 23.0 Å². The van der Waals surface area contributed by atoms with Crippen LogP contribution in [0.4, 0.5) is 10.8 Å². The zero-order valence-electron chi connectivity index (χ0n) is 18.4. The average Bonchev–Trinajstić information content (AvgIpc) is 3.29. The number of halogens is 1. The maximum absolute atomic E-state index is 12.7. The fraction of sp³-hybridized carbons (Fsp3) is 0.615. The summed E-state index contributed by atoms with van der Waals surface area (Å²) in [5.41, 5.74) is 2.55. The molecule has 164 valence electrons. The van der Waals surface area contributed by atoms with Gasteiger partial charge < -0.3 is 5.32 Å². The van der Waals surface area contributed by atoms with Crippen LogP contribution in [-0.4, -0.2) is 10.8 Å². The summed E-state index contributed by atoms with van der Waals surface area (Å²) in [7, 11) is 0. The van der Waals surface area contributed by atoms with Gasteiger partial charge in [0.25, 0.3) is 0 Å². The third-order valence-corrected chi connectivity index (χ3v) is 11.1. The number of nitrogens with one attached hydrogen (secondary N) is 1. The minimum atomic E-state index is -0.0271. The molecular weight excluding hydrogens is 424 g/mol. The van der Waals surface area contributed by atoms with Crippen molar-refractivity contribution in [1.29, 1.82) is 0 Å². The summed E-state index contributed by atoms with van der Waals surface area (Å²) in [6.07, 6.45) is 9.13. The molecule has 3 nitrogen and oxygen atoms in total. The van der Waals surface area contributed by atoms with Crippen molar-refractivity contribution in [3.05, 3.63) is 39.9 Å². The van der Waals surface area contributed by atoms with E-state index in [1.165, 1.54) is 36.3 Å². The molecule has 0 amide bonds. The van der Waals surface area contributed by atoms with Crippen LogP contribution in [0, 0.1) is 28.6 Å². The fourth-order valence-electron chi connectivity index (χ4n) is 7.95. The van der Waals surface area contributed by atoms with Gasteiger partial charge in [-0.05, 0) is 80.2 Å². The number of thiazole rings is 1. The predicted molar refractivity (Wildman–Crippen MR) is 127 cm³/mol. The number of nitrogens with zero attached hydrogens (tertiary/aromatic N) is 1. The molecule has 1 N–H and O–H groups in total. The van der Waals surface area contributed by atoms with Gasteiger partial charge in [-0.2, -0.15) is 0 Å². The van der Waals surface area contributed by atoms with Crippen molar-refractivity contribution in [2.45, 2.75) is 71.1 Å². The van der Waals surface area contributed by atoms with Crippen molar-refractivity contribution in [3.8, 4) is 0 Å². The monoisotopic (exact) mass is 454 g/mol. The zero-order chi connectivity index (χ0) is 21.4. The van der Waals surface area contributed by atoms with Gasteiger partial charge in [0.05, 0.1) is 16.4 Å². The molecule has 4 aliphatic carbocycles. The molecule has 6 rings (SSSR count). The molecule has 3 saturated carbocycles. The SMILES string of the molecule is C[C@]12CCc3nc(Nc4ccccc4Cl)sc3C1CC[C@@H]1[C@@H]2CC[C@]2(C)C(=O)CC[C@@H]12. The van der Waals surface area contributed by atoms with E-state index in [4.69, 9.17) is 16.6 Å². The maximum atomic E-state index is 12.7. The number of carbonyl (C=O) groups excluding carboxylic acids is 1. The van der Waals surface area contributed by atoms with Crippen LogP contribution in [0.15, 0.2) is 24.3 Å². The molecular formula is C26H31ClN2OS. The largest absolute Gasteiger partial charge is 0.330 e. The molecule has 6 atom stereocenters. The summed E-state index contributed by atoms with van der Waals surface area (Å²) < 4.78 is 0. The predicted octanol–water partition coefficient (Wildman–Crippen LogP) is 7.38. The van der Waals surface area contributed by atoms with Crippen molar-refractivity contribution in [3.63, 3.8) is 0 Å².